The van der Waals surface area contributed by atoms with Crippen LogP contribution in [0.3, 0.4) is 0 Å². The first kappa shape index (κ1) is 11.3. The molecule has 0 spiro atoms. The number of ketones is 1. The minimum Gasteiger partial charge on any atom is -0.480 e. The number of hydrogen-bond acceptors (Lipinski definition) is 4. The van der Waals surface area contributed by atoms with E-state index in [1.807, 2.05) is 6.92 Å². The Morgan fingerprint density at radius 2 is 2.24 bits per heavy atom. The maximum Gasteiger partial charge on any atom is 0.224 e. The summed E-state index contributed by atoms with van der Waals surface area (Å²) < 4.78 is 6.72. The smallest absolute Gasteiger partial charge is 0.224 e. The van der Waals surface area contributed by atoms with Crippen LogP contribution in [0.2, 0.25) is 0 Å². The summed E-state index contributed by atoms with van der Waals surface area (Å²) in [4.78, 5) is 16.3. The van der Waals surface area contributed by atoms with Gasteiger partial charge in [0.15, 0.2) is 0 Å². The molecule has 0 saturated carbocycles. The number of hydrogen-bond donors (Lipinski definition) is 0. The molecule has 0 unspecified atom stereocenters. The average Bonchev–Trinajstić information content (AvgIpc) is 2.86. The van der Waals surface area contributed by atoms with E-state index in [-0.39, 0.29) is 5.78 Å². The van der Waals surface area contributed by atoms with E-state index >= 15 is 0 Å². The van der Waals surface area contributed by atoms with E-state index in [1.165, 1.54) is 7.11 Å². The Morgan fingerprint density at radius 3 is 2.94 bits per heavy atom. The highest BCUT2D eigenvalue weighted by atomic mass is 16.5. The van der Waals surface area contributed by atoms with Crippen LogP contribution in [-0.4, -0.2) is 27.7 Å². The Balaban J connectivity index is 2.44. The second-order valence-corrected chi connectivity index (χ2v) is 3.42. The summed E-state index contributed by atoms with van der Waals surface area (Å²) in [5.41, 5.74) is 0.990. The van der Waals surface area contributed by atoms with Gasteiger partial charge in [0.2, 0.25) is 11.7 Å². The average molecular weight is 231 g/mol. The van der Waals surface area contributed by atoms with Crippen molar-refractivity contribution in [2.24, 2.45) is 0 Å². The monoisotopic (exact) mass is 231 g/mol. The van der Waals surface area contributed by atoms with Gasteiger partial charge in [-0.2, -0.15) is 5.10 Å². The van der Waals surface area contributed by atoms with Gasteiger partial charge >= 0.3 is 0 Å². The topological polar surface area (TPSA) is 57.0 Å². The number of methoxy groups -OCH3 is 1. The summed E-state index contributed by atoms with van der Waals surface area (Å²) in [6, 6.07) is 5.10. The molecule has 0 atom stereocenters. The minimum absolute atomic E-state index is 0.130. The van der Waals surface area contributed by atoms with Gasteiger partial charge in [0, 0.05) is 18.9 Å². The molecule has 0 aliphatic carbocycles. The normalized spacial score (nSPS) is 10.2. The summed E-state index contributed by atoms with van der Waals surface area (Å²) in [7, 11) is 1.50. The molecule has 2 heterocycles. The third kappa shape index (κ3) is 2.04. The zero-order chi connectivity index (χ0) is 12.3. The molecule has 0 N–H and O–H groups in total. The molecule has 0 amide bonds. The van der Waals surface area contributed by atoms with Crippen LogP contribution in [0.1, 0.15) is 23.0 Å². The summed E-state index contributed by atoms with van der Waals surface area (Å²) in [5.74, 6) is 0.204. The highest BCUT2D eigenvalue weighted by molar-refractivity contribution is 6.09. The predicted molar refractivity (Wildman–Crippen MR) is 62.1 cm³/mol. The van der Waals surface area contributed by atoms with Crippen LogP contribution in [0.15, 0.2) is 30.6 Å². The van der Waals surface area contributed by atoms with Gasteiger partial charge in [-0.25, -0.2) is 4.98 Å². The van der Waals surface area contributed by atoms with Gasteiger partial charge < -0.3 is 4.74 Å². The van der Waals surface area contributed by atoms with Crippen LogP contribution >= 0.6 is 0 Å². The van der Waals surface area contributed by atoms with Crippen molar-refractivity contribution in [3.63, 3.8) is 0 Å². The second-order valence-electron chi connectivity index (χ2n) is 3.42. The number of carbonyl (C=O) groups excluding carboxylic acids is 1. The largest absolute Gasteiger partial charge is 0.480 e. The van der Waals surface area contributed by atoms with Gasteiger partial charge in [0.1, 0.15) is 5.69 Å². The van der Waals surface area contributed by atoms with Crippen molar-refractivity contribution < 1.29 is 9.53 Å². The zero-order valence-corrected chi connectivity index (χ0v) is 9.75. The lowest BCUT2D eigenvalue weighted by Gasteiger charge is -2.07. The van der Waals surface area contributed by atoms with Gasteiger partial charge in [0.05, 0.1) is 12.7 Å². The number of pyridine rings is 1. The lowest BCUT2D eigenvalue weighted by Crippen LogP contribution is -2.12. The van der Waals surface area contributed by atoms with Crippen molar-refractivity contribution in [1.82, 2.24) is 14.8 Å². The van der Waals surface area contributed by atoms with E-state index in [0.717, 1.165) is 0 Å². The number of carbonyl (C=O) groups is 1. The van der Waals surface area contributed by atoms with E-state index in [1.54, 1.807) is 35.3 Å². The van der Waals surface area contributed by atoms with Gasteiger partial charge in [-0.3, -0.25) is 9.48 Å². The third-order valence-electron chi connectivity index (χ3n) is 2.46. The van der Waals surface area contributed by atoms with Gasteiger partial charge in [0.25, 0.3) is 0 Å². The molecule has 0 aliphatic heterocycles. The molecular formula is C12H13N3O2. The van der Waals surface area contributed by atoms with Crippen LogP contribution in [0.4, 0.5) is 0 Å². The van der Waals surface area contributed by atoms with Crippen LogP contribution in [0.25, 0.3) is 0 Å². The molecule has 0 aliphatic rings. The third-order valence-corrected chi connectivity index (χ3v) is 2.46. The Hall–Kier alpha value is -2.17. The molecule has 88 valence electrons. The first-order valence-electron chi connectivity index (χ1n) is 5.33. The summed E-state index contributed by atoms with van der Waals surface area (Å²) in [5, 5.41) is 4.07. The maximum atomic E-state index is 12.3. The van der Waals surface area contributed by atoms with Gasteiger partial charge in [-0.1, -0.05) is 0 Å². The van der Waals surface area contributed by atoms with Crippen molar-refractivity contribution in [3.05, 3.63) is 41.9 Å². The minimum atomic E-state index is -0.130. The molecule has 5 nitrogen and oxygen atoms in total. The van der Waals surface area contributed by atoms with E-state index < -0.39 is 0 Å². The lowest BCUT2D eigenvalue weighted by atomic mass is 10.1. The maximum absolute atomic E-state index is 12.3. The molecule has 2 aromatic heterocycles. The highest BCUT2D eigenvalue weighted by Gasteiger charge is 2.18. The van der Waals surface area contributed by atoms with Crippen LogP contribution in [-0.2, 0) is 6.54 Å². The van der Waals surface area contributed by atoms with E-state index in [2.05, 4.69) is 10.1 Å². The van der Waals surface area contributed by atoms with Crippen LogP contribution in [0, 0.1) is 0 Å². The standard InChI is InChI=1S/C12H13N3O2/c1-3-15-10(6-8-14-15)11(16)9-5-4-7-13-12(9)17-2/h4-8H,3H2,1-2H3. The number of ether oxygens (including phenoxy) is 1. The molecule has 0 bridgehead atoms. The second kappa shape index (κ2) is 4.78. The first-order chi connectivity index (χ1) is 8.27. The highest BCUT2D eigenvalue weighted by Crippen LogP contribution is 2.18. The SMILES string of the molecule is CCn1nccc1C(=O)c1cccnc1OC. The molecule has 2 rings (SSSR count). The van der Waals surface area contributed by atoms with Crippen molar-refractivity contribution in [2.75, 3.05) is 7.11 Å². The van der Waals surface area contributed by atoms with E-state index in [0.29, 0.717) is 23.7 Å². The Bertz CT molecular complexity index is 534. The Labute approximate surface area is 99.1 Å². The molecule has 5 heteroatoms. The van der Waals surface area contributed by atoms with E-state index in [4.69, 9.17) is 4.74 Å². The number of aromatic nitrogens is 3. The molecule has 0 aromatic carbocycles. The molecule has 17 heavy (non-hydrogen) atoms. The summed E-state index contributed by atoms with van der Waals surface area (Å²) >= 11 is 0. The number of rotatable bonds is 4. The number of aryl methyl sites for hydroxylation is 1. The molecule has 0 saturated heterocycles. The van der Waals surface area contributed by atoms with Crippen molar-refractivity contribution in [1.29, 1.82) is 0 Å². The van der Waals surface area contributed by atoms with Gasteiger partial charge in [-0.15, -0.1) is 0 Å². The lowest BCUT2D eigenvalue weighted by molar-refractivity contribution is 0.102. The fraction of sp³-hybridized carbons (Fsp3) is 0.250. The number of nitrogens with zero attached hydrogens (tertiary/aromatic N) is 3. The summed E-state index contributed by atoms with van der Waals surface area (Å²) in [6.45, 7) is 2.58. The summed E-state index contributed by atoms with van der Waals surface area (Å²) in [6.07, 6.45) is 3.20. The van der Waals surface area contributed by atoms with Crippen LogP contribution < -0.4 is 4.74 Å². The quantitative estimate of drug-likeness (QED) is 0.749. The molecule has 0 fully saturated rings. The van der Waals surface area contributed by atoms with Crippen molar-refractivity contribution in [2.45, 2.75) is 13.5 Å². The fourth-order valence-corrected chi connectivity index (χ4v) is 1.64. The predicted octanol–water partition coefficient (Wildman–Crippen LogP) is 1.54. The Kier molecular flexibility index (Phi) is 3.18. The molecule has 2 aromatic rings. The van der Waals surface area contributed by atoms with Crippen molar-refractivity contribution >= 4 is 5.78 Å². The van der Waals surface area contributed by atoms with Gasteiger partial charge in [-0.05, 0) is 25.1 Å². The fourth-order valence-electron chi connectivity index (χ4n) is 1.64. The van der Waals surface area contributed by atoms with Crippen LogP contribution in [0.5, 0.6) is 5.88 Å². The first-order valence-corrected chi connectivity index (χ1v) is 5.33. The zero-order valence-electron chi connectivity index (χ0n) is 9.75. The molecule has 0 radical (unpaired) electrons. The molecular weight excluding hydrogens is 218 g/mol. The Morgan fingerprint density at radius 1 is 1.41 bits per heavy atom. The van der Waals surface area contributed by atoms with E-state index in [9.17, 15) is 4.79 Å². The van der Waals surface area contributed by atoms with Crippen molar-refractivity contribution in [3.8, 4) is 5.88 Å².